The summed E-state index contributed by atoms with van der Waals surface area (Å²) in [6.45, 7) is 5.16. The molecule has 1 unspecified atom stereocenters. The first kappa shape index (κ1) is 24.6. The van der Waals surface area contributed by atoms with E-state index in [2.05, 4.69) is 32.7 Å². The number of nitrogens with one attached hydrogen (secondary N) is 2. The number of anilines is 3. The van der Waals surface area contributed by atoms with Gasteiger partial charge in [-0.15, -0.1) is 0 Å². The van der Waals surface area contributed by atoms with Crippen LogP contribution in [0.3, 0.4) is 0 Å². The van der Waals surface area contributed by atoms with Crippen LogP contribution in [0.1, 0.15) is 40.9 Å². The van der Waals surface area contributed by atoms with Gasteiger partial charge in [-0.3, -0.25) is 4.79 Å². The van der Waals surface area contributed by atoms with Gasteiger partial charge in [-0.2, -0.15) is 4.98 Å². The highest BCUT2D eigenvalue weighted by atomic mass is 16.5. The van der Waals surface area contributed by atoms with Crippen LogP contribution in [0.4, 0.5) is 17.5 Å². The molecule has 0 radical (unpaired) electrons. The molecule has 2 aromatic carbocycles. The van der Waals surface area contributed by atoms with Crippen molar-refractivity contribution in [2.75, 3.05) is 55.4 Å². The third-order valence-corrected chi connectivity index (χ3v) is 6.15. The molecule has 1 atom stereocenters. The molecular weight excluding hydrogens is 440 g/mol. The van der Waals surface area contributed by atoms with E-state index in [1.54, 1.807) is 6.20 Å². The van der Waals surface area contributed by atoms with Crippen molar-refractivity contribution < 1.29 is 9.53 Å². The van der Waals surface area contributed by atoms with E-state index < -0.39 is 0 Å². The number of likely N-dealkylation sites (N-methyl/N-ethyl adjacent to an activating group) is 1. The Morgan fingerprint density at radius 2 is 1.86 bits per heavy atom. The van der Waals surface area contributed by atoms with Gasteiger partial charge >= 0.3 is 0 Å². The molecule has 8 heteroatoms. The van der Waals surface area contributed by atoms with Crippen LogP contribution in [0.25, 0.3) is 0 Å². The minimum atomic E-state index is -0.102. The van der Waals surface area contributed by atoms with Gasteiger partial charge in [0.25, 0.3) is 5.91 Å². The van der Waals surface area contributed by atoms with Gasteiger partial charge in [0.15, 0.2) is 0 Å². The first-order chi connectivity index (χ1) is 17.1. The summed E-state index contributed by atoms with van der Waals surface area (Å²) in [7, 11) is 3.90. The number of hydrogen-bond donors (Lipinski definition) is 2. The molecule has 0 saturated carbocycles. The van der Waals surface area contributed by atoms with Gasteiger partial charge in [0.05, 0.1) is 12.7 Å². The van der Waals surface area contributed by atoms with Crippen LogP contribution in [0.5, 0.6) is 0 Å². The Balaban J connectivity index is 1.59. The Morgan fingerprint density at radius 1 is 1.09 bits per heavy atom. The summed E-state index contributed by atoms with van der Waals surface area (Å²) in [5, 5.41) is 6.34. The maximum Gasteiger partial charge on any atom is 0.263 e. The molecule has 1 amide bonds. The maximum absolute atomic E-state index is 13.7. The summed E-state index contributed by atoms with van der Waals surface area (Å²) in [5.41, 5.74) is 3.48. The third kappa shape index (κ3) is 5.78. The van der Waals surface area contributed by atoms with E-state index in [1.165, 1.54) is 0 Å². The number of carbonyl (C=O) groups excluding carboxylic acids is 1. The number of benzene rings is 2. The van der Waals surface area contributed by atoms with E-state index in [-0.39, 0.29) is 12.0 Å². The third-order valence-electron chi connectivity index (χ3n) is 6.15. The highest BCUT2D eigenvalue weighted by molar-refractivity contribution is 6.10. The lowest BCUT2D eigenvalue weighted by molar-refractivity contribution is 0.0346. The molecule has 0 saturated heterocycles. The second-order valence-electron chi connectivity index (χ2n) is 8.57. The minimum absolute atomic E-state index is 0.0405. The largest absolute Gasteiger partial charge is 0.369 e. The van der Waals surface area contributed by atoms with Crippen LogP contribution in [0.2, 0.25) is 0 Å². The second kappa shape index (κ2) is 11.8. The van der Waals surface area contributed by atoms with Crippen molar-refractivity contribution in [1.82, 2.24) is 15.3 Å². The highest BCUT2D eigenvalue weighted by Gasteiger charge is 2.29. The topological polar surface area (TPSA) is 82.6 Å². The summed E-state index contributed by atoms with van der Waals surface area (Å²) in [5.74, 6) is 1.07. The quantitative estimate of drug-likeness (QED) is 0.462. The lowest BCUT2D eigenvalue weighted by atomic mass is 10.1. The van der Waals surface area contributed by atoms with Crippen LogP contribution >= 0.6 is 0 Å². The van der Waals surface area contributed by atoms with E-state index in [0.717, 1.165) is 29.8 Å². The zero-order valence-electron chi connectivity index (χ0n) is 20.7. The molecule has 1 aliphatic heterocycles. The van der Waals surface area contributed by atoms with Gasteiger partial charge in [0.1, 0.15) is 11.4 Å². The van der Waals surface area contributed by atoms with Crippen LogP contribution in [0.15, 0.2) is 60.8 Å². The van der Waals surface area contributed by atoms with Gasteiger partial charge < -0.3 is 25.2 Å². The first-order valence-electron chi connectivity index (χ1n) is 12.1. The monoisotopic (exact) mass is 474 g/mol. The molecule has 2 N–H and O–H groups in total. The molecule has 8 nitrogen and oxygen atoms in total. The number of ether oxygens (including phenoxy) is 1. The summed E-state index contributed by atoms with van der Waals surface area (Å²) in [6.07, 6.45) is 2.44. The maximum atomic E-state index is 13.7. The van der Waals surface area contributed by atoms with E-state index >= 15 is 0 Å². The molecule has 0 aliphatic carbocycles. The predicted octanol–water partition coefficient (Wildman–Crippen LogP) is 3.87. The van der Waals surface area contributed by atoms with Crippen molar-refractivity contribution in [3.8, 4) is 0 Å². The zero-order valence-corrected chi connectivity index (χ0v) is 20.7. The number of para-hydroxylation sites is 1. The lowest BCUT2D eigenvalue weighted by Gasteiger charge is -2.25. The summed E-state index contributed by atoms with van der Waals surface area (Å²) in [6, 6.07) is 18.2. The van der Waals surface area contributed by atoms with Crippen molar-refractivity contribution >= 4 is 23.4 Å². The van der Waals surface area contributed by atoms with Gasteiger partial charge in [0.2, 0.25) is 5.95 Å². The van der Waals surface area contributed by atoms with Crippen molar-refractivity contribution in [1.29, 1.82) is 0 Å². The zero-order chi connectivity index (χ0) is 24.6. The van der Waals surface area contributed by atoms with Crippen molar-refractivity contribution in [2.24, 2.45) is 0 Å². The first-order valence-corrected chi connectivity index (χ1v) is 12.1. The molecule has 2 heterocycles. The number of rotatable bonds is 10. The molecule has 3 aromatic rings. The molecule has 35 heavy (non-hydrogen) atoms. The van der Waals surface area contributed by atoms with E-state index in [1.807, 2.05) is 73.3 Å². The summed E-state index contributed by atoms with van der Waals surface area (Å²) < 4.78 is 6.43. The Kier molecular flexibility index (Phi) is 8.28. The lowest BCUT2D eigenvalue weighted by Crippen LogP contribution is -2.34. The van der Waals surface area contributed by atoms with E-state index in [0.29, 0.717) is 43.6 Å². The molecule has 0 fully saturated rings. The smallest absolute Gasteiger partial charge is 0.263 e. The number of aromatic nitrogens is 2. The average Bonchev–Trinajstić information content (AvgIpc) is 3.01. The molecule has 184 valence electrons. The predicted molar refractivity (Wildman–Crippen MR) is 140 cm³/mol. The standard InChI is InChI=1S/C27H34N6O2/c1-4-29-27-30-18-22-25(31-27)32(3)16-17-33(26(22)34)23-13-9-8-12-21(23)19-35-24(14-15-28-2)20-10-6-5-7-11-20/h5-13,18,24,28H,4,14-17,19H2,1-3H3,(H,29,30,31). The number of hydrogen-bond acceptors (Lipinski definition) is 7. The highest BCUT2D eigenvalue weighted by Crippen LogP contribution is 2.30. The molecule has 1 aromatic heterocycles. The van der Waals surface area contributed by atoms with Crippen molar-refractivity contribution in [3.05, 3.63) is 77.5 Å². The Morgan fingerprint density at radius 3 is 2.63 bits per heavy atom. The second-order valence-corrected chi connectivity index (χ2v) is 8.57. The van der Waals surface area contributed by atoms with Gasteiger partial charge in [-0.1, -0.05) is 48.5 Å². The van der Waals surface area contributed by atoms with Crippen molar-refractivity contribution in [3.63, 3.8) is 0 Å². The fourth-order valence-corrected chi connectivity index (χ4v) is 4.27. The fraction of sp³-hybridized carbons (Fsp3) is 0.370. The van der Waals surface area contributed by atoms with Crippen LogP contribution in [-0.2, 0) is 11.3 Å². The Hall–Kier alpha value is -3.49. The van der Waals surface area contributed by atoms with E-state index in [4.69, 9.17) is 4.74 Å². The fourth-order valence-electron chi connectivity index (χ4n) is 4.27. The van der Waals surface area contributed by atoms with Crippen molar-refractivity contribution in [2.45, 2.75) is 26.1 Å². The average molecular weight is 475 g/mol. The summed E-state index contributed by atoms with van der Waals surface area (Å²) in [4.78, 5) is 26.4. The molecular formula is C27H34N6O2. The minimum Gasteiger partial charge on any atom is -0.369 e. The normalized spacial score (nSPS) is 14.4. The number of nitrogens with zero attached hydrogens (tertiary/aromatic N) is 4. The Labute approximate surface area is 207 Å². The van der Waals surface area contributed by atoms with E-state index in [9.17, 15) is 4.79 Å². The van der Waals surface area contributed by atoms with Gasteiger partial charge in [0, 0.05) is 44.1 Å². The molecule has 0 bridgehead atoms. The molecule has 4 rings (SSSR count). The van der Waals surface area contributed by atoms with Crippen LogP contribution in [0, 0.1) is 0 Å². The van der Waals surface area contributed by atoms with Gasteiger partial charge in [-0.05, 0) is 38.6 Å². The number of fused-ring (bicyclic) bond motifs is 1. The summed E-state index contributed by atoms with van der Waals surface area (Å²) >= 11 is 0. The van der Waals surface area contributed by atoms with Gasteiger partial charge in [-0.25, -0.2) is 4.98 Å². The Bertz CT molecular complexity index is 1120. The molecule has 0 spiro atoms. The number of amides is 1. The van der Waals surface area contributed by atoms with Crippen LogP contribution in [-0.4, -0.2) is 56.1 Å². The molecule has 1 aliphatic rings. The SMILES string of the molecule is CCNc1ncc2c(n1)N(C)CCN(c1ccccc1COC(CCNC)c1ccccc1)C2=O. The number of carbonyl (C=O) groups is 1. The van der Waals surface area contributed by atoms with Crippen LogP contribution < -0.4 is 20.4 Å².